The maximum atomic E-state index is 13.1. The first-order chi connectivity index (χ1) is 15.1. The van der Waals surface area contributed by atoms with Gasteiger partial charge in [0.15, 0.2) is 0 Å². The Morgan fingerprint density at radius 2 is 1.44 bits per heavy atom. The summed E-state index contributed by atoms with van der Waals surface area (Å²) in [6.45, 7) is 0. The highest BCUT2D eigenvalue weighted by Gasteiger charge is 2.31. The van der Waals surface area contributed by atoms with Crippen LogP contribution >= 0.6 is 0 Å². The van der Waals surface area contributed by atoms with Crippen LogP contribution in [0, 0.1) is 11.3 Å². The largest absolute Gasteiger partial charge is 0.416 e. The summed E-state index contributed by atoms with van der Waals surface area (Å²) >= 11 is 0. The van der Waals surface area contributed by atoms with E-state index < -0.39 is 23.5 Å². The zero-order valence-corrected chi connectivity index (χ0v) is 16.3. The first-order valence-electron chi connectivity index (χ1n) is 9.23. The summed E-state index contributed by atoms with van der Waals surface area (Å²) in [4.78, 5) is 0. The van der Waals surface area contributed by atoms with E-state index in [0.29, 0.717) is 11.1 Å². The average molecular weight is 447 g/mol. The van der Waals surface area contributed by atoms with Crippen molar-refractivity contribution in [3.63, 3.8) is 0 Å². The zero-order valence-electron chi connectivity index (χ0n) is 16.3. The van der Waals surface area contributed by atoms with Gasteiger partial charge in [0.25, 0.3) is 0 Å². The van der Waals surface area contributed by atoms with Crippen LogP contribution in [-0.4, -0.2) is 5.71 Å². The minimum absolute atomic E-state index is 0.126. The molecular weight excluding hydrogens is 432 g/mol. The molecule has 0 amide bonds. The predicted molar refractivity (Wildman–Crippen MR) is 108 cm³/mol. The van der Waals surface area contributed by atoms with Crippen LogP contribution in [0.4, 0.5) is 32.0 Å². The zero-order chi connectivity index (χ0) is 23.4. The van der Waals surface area contributed by atoms with Crippen molar-refractivity contribution in [3.8, 4) is 6.07 Å². The molecule has 9 heteroatoms. The highest BCUT2D eigenvalue weighted by atomic mass is 19.4. The molecular formula is C23H15F6N3. The topological polar surface area (TPSA) is 48.2 Å². The number of alkyl halides is 6. The Balaban J connectivity index is 1.93. The fourth-order valence-corrected chi connectivity index (χ4v) is 2.84. The molecule has 0 saturated heterocycles. The molecule has 0 aliphatic rings. The molecule has 3 aromatic carbocycles. The summed E-state index contributed by atoms with van der Waals surface area (Å²) in [5.41, 5.74) is 2.72. The lowest BCUT2D eigenvalue weighted by atomic mass is 9.99. The van der Waals surface area contributed by atoms with Gasteiger partial charge < -0.3 is 0 Å². The molecule has 0 spiro atoms. The first kappa shape index (κ1) is 22.9. The number of nitriles is 1. The van der Waals surface area contributed by atoms with Gasteiger partial charge in [-0.05, 0) is 59.7 Å². The summed E-state index contributed by atoms with van der Waals surface area (Å²) in [5, 5.41) is 13.1. The smallest absolute Gasteiger partial charge is 0.278 e. The maximum absolute atomic E-state index is 13.1. The third-order valence-corrected chi connectivity index (χ3v) is 4.51. The Labute approximate surface area is 179 Å². The lowest BCUT2D eigenvalue weighted by molar-refractivity contribution is -0.138. The highest BCUT2D eigenvalue weighted by molar-refractivity contribution is 6.02. The summed E-state index contributed by atoms with van der Waals surface area (Å²) in [5.74, 6) is 0. The van der Waals surface area contributed by atoms with Crippen LogP contribution in [-0.2, 0) is 18.8 Å². The Morgan fingerprint density at radius 3 is 2.00 bits per heavy atom. The van der Waals surface area contributed by atoms with Gasteiger partial charge in [0.2, 0.25) is 0 Å². The van der Waals surface area contributed by atoms with Gasteiger partial charge >= 0.3 is 12.4 Å². The summed E-state index contributed by atoms with van der Waals surface area (Å²) in [7, 11) is 0. The van der Waals surface area contributed by atoms with Crippen molar-refractivity contribution in [3.05, 3.63) is 101 Å². The van der Waals surface area contributed by atoms with E-state index in [4.69, 9.17) is 5.26 Å². The third-order valence-electron chi connectivity index (χ3n) is 4.51. The number of hydrazone groups is 1. The van der Waals surface area contributed by atoms with Crippen LogP contribution in [0.3, 0.4) is 0 Å². The maximum Gasteiger partial charge on any atom is 0.416 e. The lowest BCUT2D eigenvalue weighted by Gasteiger charge is -2.12. The van der Waals surface area contributed by atoms with Crippen LogP contribution < -0.4 is 5.43 Å². The molecule has 0 atom stereocenters. The van der Waals surface area contributed by atoms with Gasteiger partial charge in [0.05, 0.1) is 34.2 Å². The fraction of sp³-hybridized carbons (Fsp3) is 0.130. The van der Waals surface area contributed by atoms with Crippen LogP contribution in [0.15, 0.2) is 77.9 Å². The van der Waals surface area contributed by atoms with Gasteiger partial charge in [-0.25, -0.2) is 0 Å². The number of nitrogens with one attached hydrogen (secondary N) is 1. The fourth-order valence-electron chi connectivity index (χ4n) is 2.84. The Hall–Kier alpha value is -3.80. The van der Waals surface area contributed by atoms with Crippen LogP contribution in [0.2, 0.25) is 0 Å². The molecule has 164 valence electrons. The minimum atomic E-state index is -4.55. The molecule has 0 fully saturated rings. The van der Waals surface area contributed by atoms with Crippen molar-refractivity contribution in [1.82, 2.24) is 0 Å². The minimum Gasteiger partial charge on any atom is -0.278 e. The van der Waals surface area contributed by atoms with E-state index in [1.807, 2.05) is 6.07 Å². The van der Waals surface area contributed by atoms with Crippen molar-refractivity contribution in [2.45, 2.75) is 18.8 Å². The monoisotopic (exact) mass is 447 g/mol. The Kier molecular flexibility index (Phi) is 6.53. The van der Waals surface area contributed by atoms with E-state index >= 15 is 0 Å². The van der Waals surface area contributed by atoms with E-state index in [1.165, 1.54) is 24.3 Å². The standard InChI is InChI=1S/C23H15F6N3/c24-22(25,26)18-8-10-20(11-9-18)31-32-21(12-15-4-6-16(14-30)7-5-15)17-2-1-3-19(13-17)23(27,28)29/h1-11,13,31H,12H2/b32-21+. The average Bonchev–Trinajstić information content (AvgIpc) is 2.76. The van der Waals surface area contributed by atoms with Crippen molar-refractivity contribution in [2.24, 2.45) is 5.10 Å². The van der Waals surface area contributed by atoms with Gasteiger partial charge in [-0.15, -0.1) is 0 Å². The molecule has 0 unspecified atom stereocenters. The number of rotatable bonds is 5. The second-order valence-electron chi connectivity index (χ2n) is 6.81. The van der Waals surface area contributed by atoms with E-state index in [9.17, 15) is 26.3 Å². The first-order valence-corrected chi connectivity index (χ1v) is 9.23. The van der Waals surface area contributed by atoms with Gasteiger partial charge in [-0.3, -0.25) is 5.43 Å². The third kappa shape index (κ3) is 5.88. The molecule has 0 heterocycles. The summed E-state index contributed by atoms with van der Waals surface area (Å²) < 4.78 is 77.6. The number of halogens is 6. The molecule has 3 nitrogen and oxygen atoms in total. The summed E-state index contributed by atoms with van der Waals surface area (Å²) in [6.07, 6.45) is -8.91. The quantitative estimate of drug-likeness (QED) is 0.270. The lowest BCUT2D eigenvalue weighted by Crippen LogP contribution is -2.11. The van der Waals surface area contributed by atoms with Crippen molar-refractivity contribution < 1.29 is 26.3 Å². The molecule has 0 radical (unpaired) electrons. The molecule has 32 heavy (non-hydrogen) atoms. The molecule has 0 aliphatic heterocycles. The molecule has 0 bridgehead atoms. The van der Waals surface area contributed by atoms with Crippen molar-refractivity contribution >= 4 is 11.4 Å². The van der Waals surface area contributed by atoms with E-state index in [1.54, 1.807) is 24.3 Å². The molecule has 0 saturated carbocycles. The van der Waals surface area contributed by atoms with Crippen LogP contribution in [0.25, 0.3) is 0 Å². The second-order valence-corrected chi connectivity index (χ2v) is 6.81. The number of hydrogen-bond acceptors (Lipinski definition) is 3. The SMILES string of the molecule is N#Cc1ccc(C/C(=N\Nc2ccc(C(F)(F)F)cc2)c2cccc(C(F)(F)F)c2)cc1. The predicted octanol–water partition coefficient (Wildman–Crippen LogP) is 6.65. The Bertz CT molecular complexity index is 1140. The van der Waals surface area contributed by atoms with Crippen LogP contribution in [0.5, 0.6) is 0 Å². The molecule has 0 aromatic heterocycles. The van der Waals surface area contributed by atoms with Crippen LogP contribution in [0.1, 0.15) is 27.8 Å². The second kappa shape index (κ2) is 9.14. The molecule has 0 aliphatic carbocycles. The van der Waals surface area contributed by atoms with Gasteiger partial charge in [-0.2, -0.15) is 36.7 Å². The normalized spacial score (nSPS) is 12.3. The van der Waals surface area contributed by atoms with E-state index in [0.717, 1.165) is 24.3 Å². The Morgan fingerprint density at radius 1 is 0.812 bits per heavy atom. The van der Waals surface area contributed by atoms with Crippen molar-refractivity contribution in [1.29, 1.82) is 5.26 Å². The summed E-state index contributed by atoms with van der Waals surface area (Å²) in [6, 6.07) is 17.1. The van der Waals surface area contributed by atoms with E-state index in [2.05, 4.69) is 10.5 Å². The number of hydrogen-bond donors (Lipinski definition) is 1. The molecule has 1 N–H and O–H groups in total. The van der Waals surface area contributed by atoms with Gasteiger partial charge in [-0.1, -0.05) is 24.3 Å². The number of anilines is 1. The number of benzene rings is 3. The molecule has 3 aromatic rings. The van der Waals surface area contributed by atoms with Gasteiger partial charge in [0, 0.05) is 6.42 Å². The number of nitrogens with zero attached hydrogens (tertiary/aromatic N) is 2. The van der Waals surface area contributed by atoms with E-state index in [-0.39, 0.29) is 23.4 Å². The van der Waals surface area contributed by atoms with Gasteiger partial charge in [0.1, 0.15) is 0 Å². The highest BCUT2D eigenvalue weighted by Crippen LogP contribution is 2.31. The van der Waals surface area contributed by atoms with Crippen molar-refractivity contribution in [2.75, 3.05) is 5.43 Å². The molecule has 3 rings (SSSR count).